The molecule has 1 aliphatic rings. The molecule has 0 spiro atoms. The molecular formula is C22H30FN3O4. The molecule has 1 heterocycles. The van der Waals surface area contributed by atoms with E-state index < -0.39 is 23.5 Å². The Morgan fingerprint density at radius 3 is 2.50 bits per heavy atom. The first-order valence-electron chi connectivity index (χ1n) is 10.3. The Labute approximate surface area is 176 Å². The van der Waals surface area contributed by atoms with Gasteiger partial charge in [0.1, 0.15) is 5.67 Å². The highest BCUT2D eigenvalue weighted by atomic mass is 19.1. The number of hydrogen-bond acceptors (Lipinski definition) is 5. The van der Waals surface area contributed by atoms with E-state index in [9.17, 15) is 19.2 Å². The predicted octanol–water partition coefficient (Wildman–Crippen LogP) is 2.32. The molecule has 8 heteroatoms. The lowest BCUT2D eigenvalue weighted by atomic mass is 9.84. The molecular weight excluding hydrogens is 389 g/mol. The van der Waals surface area contributed by atoms with Crippen LogP contribution in [0.15, 0.2) is 18.2 Å². The zero-order chi connectivity index (χ0) is 22.3. The van der Waals surface area contributed by atoms with Crippen LogP contribution in [0.5, 0.6) is 0 Å². The summed E-state index contributed by atoms with van der Waals surface area (Å²) in [6.07, 6.45) is 1.79. The maximum atomic E-state index is 15.5. The number of carbonyl (C=O) groups is 4. The molecule has 0 saturated carbocycles. The minimum Gasteiger partial charge on any atom is -0.303 e. The number of amides is 4. The smallest absolute Gasteiger partial charge is 0.260 e. The molecule has 7 nitrogen and oxygen atoms in total. The van der Waals surface area contributed by atoms with Gasteiger partial charge in [-0.05, 0) is 56.8 Å². The Hall–Kier alpha value is -2.61. The van der Waals surface area contributed by atoms with Crippen molar-refractivity contribution in [1.82, 2.24) is 15.1 Å². The van der Waals surface area contributed by atoms with Crippen molar-refractivity contribution in [3.63, 3.8) is 0 Å². The second kappa shape index (κ2) is 10.4. The Kier molecular flexibility index (Phi) is 8.23. The maximum absolute atomic E-state index is 15.5. The van der Waals surface area contributed by atoms with Crippen LogP contribution in [0.25, 0.3) is 0 Å². The summed E-state index contributed by atoms with van der Waals surface area (Å²) in [7, 11) is 0. The number of nitrogens with one attached hydrogen (secondary N) is 1. The number of nitrogens with zero attached hydrogens (tertiary/aromatic N) is 2. The number of piperidine rings is 1. The van der Waals surface area contributed by atoms with Gasteiger partial charge in [-0.1, -0.05) is 19.1 Å². The number of aryl methyl sites for hydroxylation is 1. The first-order chi connectivity index (χ1) is 14.3. The van der Waals surface area contributed by atoms with E-state index in [0.29, 0.717) is 55.4 Å². The number of likely N-dealkylation sites (tertiary alicyclic amines) is 1. The van der Waals surface area contributed by atoms with Gasteiger partial charge in [0.05, 0.1) is 0 Å². The second-order valence-corrected chi connectivity index (χ2v) is 7.82. The predicted molar refractivity (Wildman–Crippen MR) is 110 cm³/mol. The normalized spacial score (nSPS) is 17.1. The molecule has 1 fully saturated rings. The molecule has 164 valence electrons. The zero-order valence-electron chi connectivity index (χ0n) is 17.8. The highest BCUT2D eigenvalue weighted by Crippen LogP contribution is 2.37. The maximum Gasteiger partial charge on any atom is 0.260 e. The van der Waals surface area contributed by atoms with Crippen LogP contribution in [0.4, 0.5) is 4.39 Å². The van der Waals surface area contributed by atoms with Gasteiger partial charge >= 0.3 is 0 Å². The fraction of sp³-hybridized carbons (Fsp3) is 0.545. The summed E-state index contributed by atoms with van der Waals surface area (Å²) >= 11 is 0. The van der Waals surface area contributed by atoms with Gasteiger partial charge in [0, 0.05) is 31.1 Å². The number of hydrogen-bond donors (Lipinski definition) is 1. The lowest BCUT2D eigenvalue weighted by Gasteiger charge is -2.36. The Bertz CT molecular complexity index is 791. The summed E-state index contributed by atoms with van der Waals surface area (Å²) < 4.78 is 15.5. The van der Waals surface area contributed by atoms with Gasteiger partial charge in [-0.25, -0.2) is 4.39 Å². The van der Waals surface area contributed by atoms with Crippen LogP contribution in [0.3, 0.4) is 0 Å². The van der Waals surface area contributed by atoms with Gasteiger partial charge < -0.3 is 4.90 Å². The third kappa shape index (κ3) is 5.50. The summed E-state index contributed by atoms with van der Waals surface area (Å²) in [5.41, 5.74) is 0.0695. The lowest BCUT2D eigenvalue weighted by molar-refractivity contribution is -0.126. The summed E-state index contributed by atoms with van der Waals surface area (Å²) in [5.74, 6) is -0.968. The second-order valence-electron chi connectivity index (χ2n) is 7.82. The molecule has 30 heavy (non-hydrogen) atoms. The van der Waals surface area contributed by atoms with Crippen molar-refractivity contribution < 1.29 is 23.6 Å². The molecule has 0 radical (unpaired) electrons. The molecule has 4 amide bonds. The molecule has 0 aromatic heterocycles. The summed E-state index contributed by atoms with van der Waals surface area (Å²) in [4.78, 5) is 49.4. The van der Waals surface area contributed by atoms with Crippen LogP contribution < -0.4 is 5.32 Å². The molecule has 1 aromatic carbocycles. The minimum atomic E-state index is -1.42. The molecule has 2 rings (SSSR count). The van der Waals surface area contributed by atoms with Crippen LogP contribution in [-0.4, -0.2) is 60.1 Å². The van der Waals surface area contributed by atoms with E-state index in [-0.39, 0.29) is 12.8 Å². The van der Waals surface area contributed by atoms with E-state index in [1.165, 1.54) is 0 Å². The third-order valence-electron chi connectivity index (χ3n) is 5.90. The van der Waals surface area contributed by atoms with Crippen LogP contribution in [0.2, 0.25) is 0 Å². The van der Waals surface area contributed by atoms with Gasteiger partial charge in [0.15, 0.2) is 0 Å². The zero-order valence-corrected chi connectivity index (χ0v) is 17.8. The van der Waals surface area contributed by atoms with Crippen molar-refractivity contribution in [2.45, 2.75) is 58.2 Å². The first kappa shape index (κ1) is 23.7. The number of rotatable bonds is 9. The van der Waals surface area contributed by atoms with Crippen LogP contribution in [0.1, 0.15) is 61.0 Å². The Morgan fingerprint density at radius 2 is 1.97 bits per heavy atom. The highest BCUT2D eigenvalue weighted by Gasteiger charge is 2.36. The van der Waals surface area contributed by atoms with Gasteiger partial charge in [0.2, 0.25) is 18.7 Å². The third-order valence-corrected chi connectivity index (χ3v) is 5.90. The molecule has 1 saturated heterocycles. The fourth-order valence-corrected chi connectivity index (χ4v) is 3.80. The molecule has 0 bridgehead atoms. The number of alkyl halides is 1. The Morgan fingerprint density at radius 1 is 1.30 bits per heavy atom. The molecule has 1 aromatic rings. The highest BCUT2D eigenvalue weighted by molar-refractivity contribution is 6.01. The van der Waals surface area contributed by atoms with E-state index in [1.807, 2.05) is 5.32 Å². The summed E-state index contributed by atoms with van der Waals surface area (Å²) in [6, 6.07) is 4.37. The molecule has 0 aliphatic carbocycles. The minimum absolute atomic E-state index is 0.00853. The monoisotopic (exact) mass is 419 g/mol. The van der Waals surface area contributed by atoms with Crippen molar-refractivity contribution in [3.05, 3.63) is 34.9 Å². The summed E-state index contributed by atoms with van der Waals surface area (Å²) in [6.45, 7) is 7.74. The quantitative estimate of drug-likeness (QED) is 0.621. The topological polar surface area (TPSA) is 86.8 Å². The SMILES string of the molecule is CCN1CCC(F)(c2ccc(C(=O)N(C=O)C(C)CCC(=O)NC=O)c(C)c2)CC1. The lowest BCUT2D eigenvalue weighted by Crippen LogP contribution is -2.40. The summed E-state index contributed by atoms with van der Waals surface area (Å²) in [5, 5.41) is 2.03. The van der Waals surface area contributed by atoms with Crippen LogP contribution in [0, 0.1) is 6.92 Å². The average molecular weight is 419 g/mol. The van der Waals surface area contributed by atoms with E-state index in [2.05, 4.69) is 11.8 Å². The average Bonchev–Trinajstić information content (AvgIpc) is 2.73. The van der Waals surface area contributed by atoms with Crippen molar-refractivity contribution in [2.24, 2.45) is 0 Å². The largest absolute Gasteiger partial charge is 0.303 e. The van der Waals surface area contributed by atoms with Crippen molar-refractivity contribution in [3.8, 4) is 0 Å². The van der Waals surface area contributed by atoms with Crippen molar-refractivity contribution >= 4 is 24.6 Å². The van der Waals surface area contributed by atoms with Crippen LogP contribution >= 0.6 is 0 Å². The molecule has 1 N–H and O–H groups in total. The Balaban J connectivity index is 2.12. The molecule has 1 unspecified atom stereocenters. The standard InChI is InChI=1S/C22H30FN3O4/c1-4-25-11-9-22(23,10-12-25)18-6-7-19(16(2)13-18)21(30)26(15-28)17(3)5-8-20(29)24-14-27/h6-7,13-15,17H,4-5,8-12H2,1-3H3,(H,24,27,29). The van der Waals surface area contributed by atoms with E-state index in [4.69, 9.17) is 0 Å². The fourth-order valence-electron chi connectivity index (χ4n) is 3.80. The van der Waals surface area contributed by atoms with Gasteiger partial charge in [-0.2, -0.15) is 0 Å². The van der Waals surface area contributed by atoms with Crippen molar-refractivity contribution in [2.75, 3.05) is 19.6 Å². The number of benzene rings is 1. The van der Waals surface area contributed by atoms with Gasteiger partial charge in [-0.15, -0.1) is 0 Å². The van der Waals surface area contributed by atoms with E-state index in [0.717, 1.165) is 11.4 Å². The molecule has 1 atom stereocenters. The number of imide groups is 2. The van der Waals surface area contributed by atoms with Gasteiger partial charge in [0.25, 0.3) is 5.91 Å². The van der Waals surface area contributed by atoms with E-state index >= 15 is 4.39 Å². The first-order valence-corrected chi connectivity index (χ1v) is 10.3. The van der Waals surface area contributed by atoms with Crippen LogP contribution in [-0.2, 0) is 20.1 Å². The van der Waals surface area contributed by atoms with Gasteiger partial charge in [-0.3, -0.25) is 29.4 Å². The molecule has 1 aliphatic heterocycles. The number of halogens is 1. The van der Waals surface area contributed by atoms with E-state index in [1.54, 1.807) is 32.0 Å². The van der Waals surface area contributed by atoms with Crippen molar-refractivity contribution in [1.29, 1.82) is 0 Å². The number of carbonyl (C=O) groups excluding carboxylic acids is 4.